The molecule has 0 aliphatic carbocycles. The van der Waals surface area contributed by atoms with Crippen molar-refractivity contribution in [3.05, 3.63) is 12.2 Å². The van der Waals surface area contributed by atoms with Crippen molar-refractivity contribution in [3.8, 4) is 0 Å². The Morgan fingerprint density at radius 2 is 2.10 bits per heavy atom. The van der Waals surface area contributed by atoms with E-state index in [0.717, 1.165) is 18.4 Å². The van der Waals surface area contributed by atoms with Gasteiger partial charge < -0.3 is 14.7 Å². The zero-order chi connectivity index (χ0) is 16.0. The van der Waals surface area contributed by atoms with Gasteiger partial charge in [-0.15, -0.1) is 0 Å². The number of nitrogens with zero attached hydrogens (tertiary/aromatic N) is 3. The molecule has 6 heteroatoms. The van der Waals surface area contributed by atoms with Crippen LogP contribution in [0.2, 0.25) is 0 Å². The molecule has 21 heavy (non-hydrogen) atoms. The third-order valence-electron chi connectivity index (χ3n) is 3.94. The summed E-state index contributed by atoms with van der Waals surface area (Å²) in [4.78, 5) is 39.4. The van der Waals surface area contributed by atoms with Gasteiger partial charge in [0.1, 0.15) is 0 Å². The van der Waals surface area contributed by atoms with E-state index in [2.05, 4.69) is 6.58 Å². The zero-order valence-corrected chi connectivity index (χ0v) is 13.2. The lowest BCUT2D eigenvalue weighted by molar-refractivity contribution is -0.138. The quantitative estimate of drug-likeness (QED) is 0.507. The van der Waals surface area contributed by atoms with E-state index in [1.54, 1.807) is 19.0 Å². The van der Waals surface area contributed by atoms with Crippen LogP contribution in [0.25, 0.3) is 0 Å². The highest BCUT2D eigenvalue weighted by atomic mass is 16.2. The number of amides is 3. The summed E-state index contributed by atoms with van der Waals surface area (Å²) in [5, 5.41) is 0. The van der Waals surface area contributed by atoms with Gasteiger partial charge in [0.05, 0.1) is 6.54 Å². The standard InChI is InChI=1S/C15H25N3O3/c1-12-7-8-18(9-12)15(21)10-16(3)14(20)6-5-13(2)17(4)11-19/h11,13H,1,5-10H2,2-4H3. The predicted octanol–water partition coefficient (Wildman–Crippen LogP) is 0.490. The van der Waals surface area contributed by atoms with Crippen molar-refractivity contribution in [1.29, 1.82) is 0 Å². The van der Waals surface area contributed by atoms with Gasteiger partial charge in [0.15, 0.2) is 0 Å². The van der Waals surface area contributed by atoms with Crippen molar-refractivity contribution in [2.45, 2.75) is 32.2 Å². The summed E-state index contributed by atoms with van der Waals surface area (Å²) in [6.45, 7) is 7.15. The maximum atomic E-state index is 12.0. The van der Waals surface area contributed by atoms with Gasteiger partial charge in [0.25, 0.3) is 0 Å². The van der Waals surface area contributed by atoms with Gasteiger partial charge in [-0.2, -0.15) is 0 Å². The molecule has 0 saturated carbocycles. The molecule has 0 spiro atoms. The van der Waals surface area contributed by atoms with E-state index >= 15 is 0 Å². The highest BCUT2D eigenvalue weighted by Gasteiger charge is 2.23. The highest BCUT2D eigenvalue weighted by Crippen LogP contribution is 2.13. The van der Waals surface area contributed by atoms with Gasteiger partial charge in [-0.3, -0.25) is 14.4 Å². The molecule has 118 valence electrons. The second kappa shape index (κ2) is 7.81. The minimum atomic E-state index is -0.0764. The fourth-order valence-corrected chi connectivity index (χ4v) is 2.16. The van der Waals surface area contributed by atoms with Gasteiger partial charge in [-0.25, -0.2) is 0 Å². The molecule has 6 nitrogen and oxygen atoms in total. The van der Waals surface area contributed by atoms with Crippen LogP contribution in [-0.2, 0) is 14.4 Å². The number of hydrogen-bond acceptors (Lipinski definition) is 3. The van der Waals surface area contributed by atoms with Gasteiger partial charge >= 0.3 is 0 Å². The molecular weight excluding hydrogens is 270 g/mol. The molecule has 1 heterocycles. The Hall–Kier alpha value is -1.85. The van der Waals surface area contributed by atoms with Crippen LogP contribution in [0, 0.1) is 0 Å². The lowest BCUT2D eigenvalue weighted by Crippen LogP contribution is -2.40. The molecule has 0 aromatic carbocycles. The Balaban J connectivity index is 2.35. The van der Waals surface area contributed by atoms with Gasteiger partial charge in [0.2, 0.25) is 18.2 Å². The number of rotatable bonds is 7. The summed E-state index contributed by atoms with van der Waals surface area (Å²) in [7, 11) is 3.33. The van der Waals surface area contributed by atoms with Crippen LogP contribution in [-0.4, -0.2) is 72.7 Å². The smallest absolute Gasteiger partial charge is 0.242 e. The fraction of sp³-hybridized carbons (Fsp3) is 0.667. The first-order chi connectivity index (χ1) is 9.85. The van der Waals surface area contributed by atoms with Crippen molar-refractivity contribution >= 4 is 18.2 Å². The lowest BCUT2D eigenvalue weighted by atomic mass is 10.1. The van der Waals surface area contributed by atoms with Crippen LogP contribution in [0.3, 0.4) is 0 Å². The Morgan fingerprint density at radius 1 is 1.43 bits per heavy atom. The summed E-state index contributed by atoms with van der Waals surface area (Å²) in [5.41, 5.74) is 1.06. The van der Waals surface area contributed by atoms with E-state index < -0.39 is 0 Å². The molecule has 1 aliphatic heterocycles. The Labute approximate surface area is 126 Å². The average Bonchev–Trinajstić information content (AvgIpc) is 2.89. The van der Waals surface area contributed by atoms with E-state index in [4.69, 9.17) is 0 Å². The number of carbonyl (C=O) groups is 3. The summed E-state index contributed by atoms with van der Waals surface area (Å²) in [5.74, 6) is -0.116. The minimum Gasteiger partial charge on any atom is -0.346 e. The molecule has 1 fully saturated rings. The molecule has 1 saturated heterocycles. The molecule has 0 N–H and O–H groups in total. The van der Waals surface area contributed by atoms with Crippen molar-refractivity contribution in [2.75, 3.05) is 33.7 Å². The second-order valence-corrected chi connectivity index (χ2v) is 5.72. The van der Waals surface area contributed by atoms with Crippen LogP contribution >= 0.6 is 0 Å². The number of likely N-dealkylation sites (N-methyl/N-ethyl adjacent to an activating group) is 1. The lowest BCUT2D eigenvalue weighted by Gasteiger charge is -2.23. The van der Waals surface area contributed by atoms with Crippen LogP contribution in [0.5, 0.6) is 0 Å². The Bertz CT molecular complexity index is 422. The van der Waals surface area contributed by atoms with E-state index in [1.165, 1.54) is 9.80 Å². The number of hydrogen-bond donors (Lipinski definition) is 0. The first kappa shape index (κ1) is 17.2. The first-order valence-electron chi connectivity index (χ1n) is 7.20. The number of carbonyl (C=O) groups excluding carboxylic acids is 3. The monoisotopic (exact) mass is 295 g/mol. The van der Waals surface area contributed by atoms with Crippen molar-refractivity contribution in [1.82, 2.24) is 14.7 Å². The first-order valence-corrected chi connectivity index (χ1v) is 7.20. The maximum Gasteiger partial charge on any atom is 0.242 e. The molecule has 1 aliphatic rings. The van der Waals surface area contributed by atoms with Crippen molar-refractivity contribution in [3.63, 3.8) is 0 Å². The molecule has 0 aromatic rings. The molecule has 0 aromatic heterocycles. The third kappa shape index (κ3) is 5.21. The largest absolute Gasteiger partial charge is 0.346 e. The van der Waals surface area contributed by atoms with Gasteiger partial charge in [-0.05, 0) is 19.8 Å². The molecule has 1 atom stereocenters. The molecular formula is C15H25N3O3. The Morgan fingerprint density at radius 3 is 2.62 bits per heavy atom. The van der Waals surface area contributed by atoms with E-state index in [-0.39, 0.29) is 24.4 Å². The van der Waals surface area contributed by atoms with Crippen LogP contribution in [0.15, 0.2) is 12.2 Å². The average molecular weight is 295 g/mol. The third-order valence-corrected chi connectivity index (χ3v) is 3.94. The molecule has 3 amide bonds. The number of likely N-dealkylation sites (tertiary alicyclic amines) is 1. The molecule has 1 rings (SSSR count). The van der Waals surface area contributed by atoms with E-state index in [0.29, 0.717) is 25.9 Å². The highest BCUT2D eigenvalue weighted by molar-refractivity contribution is 5.85. The summed E-state index contributed by atoms with van der Waals surface area (Å²) in [6, 6.07) is 0.0115. The van der Waals surface area contributed by atoms with Gasteiger partial charge in [0, 0.05) is 39.6 Å². The molecule has 0 bridgehead atoms. The normalized spacial score (nSPS) is 15.8. The van der Waals surface area contributed by atoms with Gasteiger partial charge in [-0.1, -0.05) is 12.2 Å². The van der Waals surface area contributed by atoms with E-state index in [9.17, 15) is 14.4 Å². The predicted molar refractivity (Wildman–Crippen MR) is 80.5 cm³/mol. The van der Waals surface area contributed by atoms with Crippen molar-refractivity contribution < 1.29 is 14.4 Å². The van der Waals surface area contributed by atoms with E-state index in [1.807, 2.05) is 6.92 Å². The fourth-order valence-electron chi connectivity index (χ4n) is 2.16. The summed E-state index contributed by atoms with van der Waals surface area (Å²) >= 11 is 0. The minimum absolute atomic E-state index is 0.0115. The summed E-state index contributed by atoms with van der Waals surface area (Å²) in [6.07, 6.45) is 2.52. The van der Waals surface area contributed by atoms with Crippen LogP contribution < -0.4 is 0 Å². The van der Waals surface area contributed by atoms with Crippen molar-refractivity contribution in [2.24, 2.45) is 0 Å². The molecule has 0 radical (unpaired) electrons. The van der Waals surface area contributed by atoms with Crippen LogP contribution in [0.4, 0.5) is 0 Å². The molecule has 1 unspecified atom stereocenters. The zero-order valence-electron chi connectivity index (χ0n) is 13.2. The summed E-state index contributed by atoms with van der Waals surface area (Å²) < 4.78 is 0. The SMILES string of the molecule is C=C1CCN(C(=O)CN(C)C(=O)CCC(C)N(C)C=O)C1. The second-order valence-electron chi connectivity index (χ2n) is 5.72. The maximum absolute atomic E-state index is 12.0. The van der Waals surface area contributed by atoms with Crippen LogP contribution in [0.1, 0.15) is 26.2 Å². The Kier molecular flexibility index (Phi) is 6.39. The topological polar surface area (TPSA) is 60.9 Å².